The molecule has 0 N–H and O–H groups in total. The molecule has 0 nitrogen and oxygen atoms in total. The summed E-state index contributed by atoms with van der Waals surface area (Å²) in [5.74, 6) is 1.48. The van der Waals surface area contributed by atoms with Gasteiger partial charge in [0.1, 0.15) is 0 Å². The second-order valence-electron chi connectivity index (χ2n) is 24.8. The van der Waals surface area contributed by atoms with Crippen LogP contribution in [-0.4, -0.2) is 0 Å². The molecule has 1 aliphatic heterocycles. The summed E-state index contributed by atoms with van der Waals surface area (Å²) >= 11 is -3.03. The Morgan fingerprint density at radius 1 is 0.413 bits per heavy atom. The molecule has 5 aliphatic rings. The first-order valence-electron chi connectivity index (χ1n) is 24.8. The molecule has 2 unspecified atom stereocenters. The quantitative estimate of drug-likeness (QED) is 0.181. The molecule has 0 spiro atoms. The number of halogens is 2. The van der Waals surface area contributed by atoms with Crippen LogP contribution in [0.2, 0.25) is 8.26 Å². The van der Waals surface area contributed by atoms with Gasteiger partial charge in [-0.25, -0.2) is 0 Å². The van der Waals surface area contributed by atoms with Crippen molar-refractivity contribution >= 4 is 12.2 Å². The molecule has 4 aliphatic carbocycles. The van der Waals surface area contributed by atoms with Gasteiger partial charge in [0.2, 0.25) is 0 Å². The van der Waals surface area contributed by atoms with E-state index in [1.165, 1.54) is 117 Å². The predicted octanol–water partition coefficient (Wildman–Crippen LogP) is 12.0. The van der Waals surface area contributed by atoms with Crippen molar-refractivity contribution in [3.05, 3.63) is 128 Å². The third-order valence-electron chi connectivity index (χ3n) is 16.3. The van der Waals surface area contributed by atoms with Gasteiger partial charge in [-0.2, -0.15) is 0 Å². The minimum Gasteiger partial charge on any atom is -1.00 e. The van der Waals surface area contributed by atoms with Crippen molar-refractivity contribution in [1.82, 2.24) is 0 Å². The van der Waals surface area contributed by atoms with Crippen molar-refractivity contribution < 1.29 is 45.1 Å². The van der Waals surface area contributed by atoms with E-state index < -0.39 is 20.3 Å². The zero-order valence-corrected chi connectivity index (χ0v) is 45.1. The summed E-state index contributed by atoms with van der Waals surface area (Å²) in [5, 5.41) is 0. The summed E-state index contributed by atoms with van der Waals surface area (Å²) < 4.78 is 4.44. The molecule has 3 fully saturated rings. The molecule has 2 saturated carbocycles. The number of hydrogen-bond donors (Lipinski definition) is 0. The Hall–Kier alpha value is -2.18. The first kappa shape index (κ1) is 48.7. The van der Waals surface area contributed by atoms with E-state index in [9.17, 15) is 0 Å². The van der Waals surface area contributed by atoms with E-state index in [4.69, 9.17) is 0 Å². The number of rotatable bonds is 6. The topological polar surface area (TPSA) is 0 Å². The molecule has 1 saturated heterocycles. The van der Waals surface area contributed by atoms with Crippen LogP contribution in [0.3, 0.4) is 0 Å². The van der Waals surface area contributed by atoms with Gasteiger partial charge in [0.25, 0.3) is 0 Å². The summed E-state index contributed by atoms with van der Waals surface area (Å²) in [6.45, 7) is 28.7. The van der Waals surface area contributed by atoms with E-state index in [-0.39, 0.29) is 46.5 Å². The van der Waals surface area contributed by atoms with Gasteiger partial charge in [0.15, 0.2) is 0 Å². The van der Waals surface area contributed by atoms with E-state index in [1.54, 1.807) is 22.3 Å². The third kappa shape index (κ3) is 9.28. The van der Waals surface area contributed by atoms with Crippen LogP contribution in [0.15, 0.2) is 83.9 Å². The van der Waals surface area contributed by atoms with Crippen LogP contribution in [-0.2, 0) is 41.9 Å². The van der Waals surface area contributed by atoms with Crippen LogP contribution in [0.5, 0.6) is 0 Å². The number of allylic oxidation sites excluding steroid dienone is 2. The Morgan fingerprint density at radius 3 is 1.02 bits per heavy atom. The van der Waals surface area contributed by atoms with Crippen molar-refractivity contribution in [3.8, 4) is 22.3 Å². The SMILES string of the molecule is CC(C)(C)c1cc(-c2cccc3c2C=C(C2CCCCC2)[CH]3[Zr+2]2([CH]3C(C4CCCCC4)=Cc4c(-c5cc(C(C)(C)C)cc(C(C)(C)C)c5)cccc43)[CH2][CH2]2)cc(C(C)(C)C)c1.[Cl-].[Cl-]. The molecule has 4 aromatic carbocycles. The molecule has 1 heterocycles. The van der Waals surface area contributed by atoms with Crippen LogP contribution in [0.1, 0.15) is 199 Å². The second-order valence-corrected chi connectivity index (χ2v) is 36.1. The normalized spacial score (nSPS) is 21.0. The Morgan fingerprint density at radius 2 is 0.730 bits per heavy atom. The minimum absolute atomic E-state index is 0. The molecule has 336 valence electrons. The summed E-state index contributed by atoms with van der Waals surface area (Å²) in [5.41, 5.74) is 22.4. The van der Waals surface area contributed by atoms with Gasteiger partial charge < -0.3 is 24.8 Å². The fourth-order valence-corrected chi connectivity index (χ4v) is 30.1. The number of fused-ring (bicyclic) bond motifs is 2. The standard InChI is InChI=1S/2C29H37.C2H4.2ClH.Zr/c2*1-28(2,3)24-16-23(17-25(19-24)29(4,5)6)26-14-10-13-21-15-22(18-27(21)26)20-11-8-7-9-12-20;1-2;;;/h2*10,13-20H,7-9,11-12H2,1-6H3;1-2H2;2*1H;/q;;;;;+2/p-2. The average molecular weight is 961 g/mol. The van der Waals surface area contributed by atoms with Crippen molar-refractivity contribution in [2.45, 2.75) is 184 Å². The largest absolute Gasteiger partial charge is 1.00 e. The maximum absolute atomic E-state index is 3.03. The van der Waals surface area contributed by atoms with Crippen LogP contribution >= 0.6 is 0 Å². The van der Waals surface area contributed by atoms with E-state index in [1.807, 2.05) is 11.1 Å². The Labute approximate surface area is 401 Å². The molecule has 4 aromatic rings. The van der Waals surface area contributed by atoms with E-state index in [2.05, 4.69) is 168 Å². The van der Waals surface area contributed by atoms with Crippen molar-refractivity contribution in [1.29, 1.82) is 0 Å². The molecule has 0 amide bonds. The molecular formula is C60H78Cl2Zr. The average Bonchev–Trinajstić information content (AvgIpc) is 3.73. The van der Waals surface area contributed by atoms with Gasteiger partial charge in [0, 0.05) is 0 Å². The molecule has 0 aromatic heterocycles. The molecule has 2 atom stereocenters. The smallest absolute Gasteiger partial charge is 1.00 e. The first-order valence-corrected chi connectivity index (χ1v) is 31.1. The summed E-state index contributed by atoms with van der Waals surface area (Å²) in [6.07, 6.45) is 19.6. The Kier molecular flexibility index (Phi) is 13.8. The molecular weight excluding hydrogens is 883 g/mol. The van der Waals surface area contributed by atoms with Gasteiger partial charge in [-0.05, 0) is 0 Å². The van der Waals surface area contributed by atoms with Crippen molar-refractivity contribution in [3.63, 3.8) is 0 Å². The molecule has 63 heavy (non-hydrogen) atoms. The third-order valence-corrected chi connectivity index (χ3v) is 29.2. The minimum atomic E-state index is -3.03. The van der Waals surface area contributed by atoms with Gasteiger partial charge >= 0.3 is 379 Å². The van der Waals surface area contributed by atoms with Crippen LogP contribution in [0.25, 0.3) is 34.4 Å². The molecule has 9 rings (SSSR count). The maximum atomic E-state index is 2.84. The fourth-order valence-electron chi connectivity index (χ4n) is 12.4. The Balaban J connectivity index is 0.00000298. The van der Waals surface area contributed by atoms with Gasteiger partial charge in [0.05, 0.1) is 0 Å². The molecule has 0 radical (unpaired) electrons. The van der Waals surface area contributed by atoms with Crippen molar-refractivity contribution in [2.75, 3.05) is 0 Å². The Bertz CT molecular complexity index is 2150. The van der Waals surface area contributed by atoms with Gasteiger partial charge in [-0.1, -0.05) is 0 Å². The monoisotopic (exact) mass is 958 g/mol. The number of hydrogen-bond acceptors (Lipinski definition) is 0. The van der Waals surface area contributed by atoms with Crippen LogP contribution in [0, 0.1) is 11.8 Å². The van der Waals surface area contributed by atoms with Crippen molar-refractivity contribution in [2.24, 2.45) is 11.8 Å². The molecule has 0 bridgehead atoms. The maximum Gasteiger partial charge on any atom is -1.00 e. The first-order chi connectivity index (χ1) is 28.7. The molecule has 3 heteroatoms. The zero-order valence-electron chi connectivity index (χ0n) is 41.1. The van der Waals surface area contributed by atoms with E-state index >= 15 is 0 Å². The van der Waals surface area contributed by atoms with Gasteiger partial charge in [-0.15, -0.1) is 0 Å². The second kappa shape index (κ2) is 17.8. The summed E-state index contributed by atoms with van der Waals surface area (Å²) in [6, 6.07) is 30.4. The fraction of sp³-hybridized carbons (Fsp3) is 0.533. The van der Waals surface area contributed by atoms with E-state index in [0.29, 0.717) is 7.25 Å². The van der Waals surface area contributed by atoms with Gasteiger partial charge in [-0.3, -0.25) is 0 Å². The number of benzene rings is 4. The summed E-state index contributed by atoms with van der Waals surface area (Å²) in [4.78, 5) is 0. The van der Waals surface area contributed by atoms with Crippen LogP contribution < -0.4 is 24.8 Å². The van der Waals surface area contributed by atoms with Crippen LogP contribution in [0.4, 0.5) is 0 Å². The van der Waals surface area contributed by atoms with E-state index in [0.717, 1.165) is 11.8 Å². The summed E-state index contributed by atoms with van der Waals surface area (Å²) in [7, 11) is 0. The zero-order chi connectivity index (χ0) is 43.3. The predicted molar refractivity (Wildman–Crippen MR) is 263 cm³/mol.